The van der Waals surface area contributed by atoms with Gasteiger partial charge in [-0.1, -0.05) is 29.3 Å². The van der Waals surface area contributed by atoms with E-state index in [0.717, 1.165) is 11.6 Å². The lowest BCUT2D eigenvalue weighted by atomic mass is 10.2. The summed E-state index contributed by atoms with van der Waals surface area (Å²) in [7, 11) is -3.89. The van der Waals surface area contributed by atoms with Gasteiger partial charge in [0.1, 0.15) is 5.82 Å². The maximum atomic E-state index is 13.1. The predicted molar refractivity (Wildman–Crippen MR) is 74.6 cm³/mol. The lowest BCUT2D eigenvalue weighted by Gasteiger charge is -2.07. The van der Waals surface area contributed by atoms with E-state index < -0.39 is 15.9 Å². The number of hydrogen-bond acceptors (Lipinski definition) is 3. The number of hydrogen-bond donors (Lipinski definition) is 0. The minimum atomic E-state index is -3.89. The van der Waals surface area contributed by atoms with Crippen molar-refractivity contribution in [2.24, 2.45) is 0 Å². The Bertz CT molecular complexity index is 712. The van der Waals surface area contributed by atoms with Gasteiger partial charge in [-0.2, -0.15) is 8.42 Å². The summed E-state index contributed by atoms with van der Waals surface area (Å²) in [6, 6.07) is 9.95. The Morgan fingerprint density at radius 1 is 1.15 bits per heavy atom. The van der Waals surface area contributed by atoms with E-state index in [2.05, 4.69) is 0 Å². The molecule has 0 radical (unpaired) electrons. The Hall–Kier alpha value is -1.43. The molecule has 0 aliphatic heterocycles. The molecule has 0 saturated carbocycles. The van der Waals surface area contributed by atoms with E-state index in [0.29, 0.717) is 0 Å². The van der Waals surface area contributed by atoms with Crippen LogP contribution in [-0.4, -0.2) is 8.42 Å². The van der Waals surface area contributed by atoms with Gasteiger partial charge in [-0.3, -0.25) is 4.18 Å². The molecule has 20 heavy (non-hydrogen) atoms. The summed E-state index contributed by atoms with van der Waals surface area (Å²) in [6.45, 7) is 1.54. The third kappa shape index (κ3) is 3.56. The molecule has 0 amide bonds. The van der Waals surface area contributed by atoms with E-state index in [-0.39, 0.29) is 22.1 Å². The third-order valence-electron chi connectivity index (χ3n) is 2.69. The van der Waals surface area contributed by atoms with Crippen molar-refractivity contribution in [1.82, 2.24) is 0 Å². The maximum absolute atomic E-state index is 13.1. The highest BCUT2D eigenvalue weighted by Gasteiger charge is 2.16. The Morgan fingerprint density at radius 3 is 2.45 bits per heavy atom. The number of halogens is 2. The second-order valence-corrected chi connectivity index (χ2v) is 6.29. The summed E-state index contributed by atoms with van der Waals surface area (Å²) in [4.78, 5) is 0.0515. The van der Waals surface area contributed by atoms with Crippen molar-refractivity contribution in [3.8, 4) is 0 Å². The summed E-state index contributed by atoms with van der Waals surface area (Å²) in [5, 5.41) is 0.255. The highest BCUT2D eigenvalue weighted by molar-refractivity contribution is 7.86. The fourth-order valence-corrected chi connectivity index (χ4v) is 2.63. The Morgan fingerprint density at radius 2 is 1.80 bits per heavy atom. The average molecular weight is 315 g/mol. The Kier molecular flexibility index (Phi) is 4.42. The van der Waals surface area contributed by atoms with Crippen molar-refractivity contribution in [3.05, 3.63) is 64.4 Å². The molecule has 2 aromatic carbocycles. The molecule has 0 heterocycles. The van der Waals surface area contributed by atoms with Crippen molar-refractivity contribution in [3.63, 3.8) is 0 Å². The van der Waals surface area contributed by atoms with Crippen LogP contribution in [-0.2, 0) is 20.9 Å². The quantitative estimate of drug-likeness (QED) is 0.808. The van der Waals surface area contributed by atoms with Crippen molar-refractivity contribution in [2.75, 3.05) is 0 Å². The van der Waals surface area contributed by atoms with Crippen molar-refractivity contribution >= 4 is 21.7 Å². The van der Waals surface area contributed by atoms with Crippen molar-refractivity contribution in [1.29, 1.82) is 0 Å². The van der Waals surface area contributed by atoms with Gasteiger partial charge >= 0.3 is 0 Å². The van der Waals surface area contributed by atoms with Gasteiger partial charge in [-0.15, -0.1) is 0 Å². The van der Waals surface area contributed by atoms with Gasteiger partial charge in [0, 0.05) is 10.6 Å². The predicted octanol–water partition coefficient (Wildman–Crippen LogP) is 3.69. The normalized spacial score (nSPS) is 11.6. The lowest BCUT2D eigenvalue weighted by molar-refractivity contribution is 0.307. The van der Waals surface area contributed by atoms with Crippen LogP contribution in [0.5, 0.6) is 0 Å². The molecule has 0 aromatic heterocycles. The van der Waals surface area contributed by atoms with E-state index in [1.54, 1.807) is 12.1 Å². The molecular formula is C14H12ClFO3S. The fourth-order valence-electron chi connectivity index (χ4n) is 1.57. The molecule has 2 rings (SSSR count). The zero-order valence-corrected chi connectivity index (χ0v) is 12.2. The zero-order chi connectivity index (χ0) is 14.8. The summed E-state index contributed by atoms with van der Waals surface area (Å²) >= 11 is 5.85. The molecule has 0 bridgehead atoms. The van der Waals surface area contributed by atoms with Crippen LogP contribution < -0.4 is 0 Å². The number of benzene rings is 2. The fraction of sp³-hybridized carbons (Fsp3) is 0.143. The van der Waals surface area contributed by atoms with Gasteiger partial charge in [-0.25, -0.2) is 4.39 Å². The molecule has 0 aliphatic carbocycles. The van der Waals surface area contributed by atoms with Crippen LogP contribution >= 0.6 is 11.6 Å². The van der Waals surface area contributed by atoms with Crippen LogP contribution in [0.4, 0.5) is 4.39 Å². The van der Waals surface area contributed by atoms with Crippen LogP contribution in [0.15, 0.2) is 47.4 Å². The zero-order valence-electron chi connectivity index (χ0n) is 10.6. The van der Waals surface area contributed by atoms with Crippen LogP contribution in [0, 0.1) is 12.7 Å². The largest absolute Gasteiger partial charge is 0.297 e. The van der Waals surface area contributed by atoms with E-state index in [9.17, 15) is 12.8 Å². The Balaban J connectivity index is 2.17. The smallest absolute Gasteiger partial charge is 0.261 e. The SMILES string of the molecule is Cc1ccc(S(=O)(=O)OCc2cc(F)ccc2Cl)cc1. The molecule has 0 saturated heterocycles. The molecule has 2 aromatic rings. The monoisotopic (exact) mass is 314 g/mol. The van der Waals surface area contributed by atoms with Gasteiger partial charge < -0.3 is 0 Å². The number of rotatable bonds is 4. The molecule has 106 valence electrons. The van der Waals surface area contributed by atoms with Crippen LogP contribution in [0.2, 0.25) is 5.02 Å². The standard InChI is InChI=1S/C14H12ClFO3S/c1-10-2-5-13(6-3-10)20(17,18)19-9-11-8-12(16)4-7-14(11)15/h2-8H,9H2,1H3. The van der Waals surface area contributed by atoms with E-state index in [4.69, 9.17) is 15.8 Å². The van der Waals surface area contributed by atoms with E-state index in [1.807, 2.05) is 6.92 Å². The van der Waals surface area contributed by atoms with E-state index >= 15 is 0 Å². The second kappa shape index (κ2) is 5.91. The molecule has 6 heteroatoms. The van der Waals surface area contributed by atoms with Crippen LogP contribution in [0.25, 0.3) is 0 Å². The molecule has 0 atom stereocenters. The van der Waals surface area contributed by atoms with Crippen LogP contribution in [0.1, 0.15) is 11.1 Å². The van der Waals surface area contributed by atoms with Gasteiger partial charge in [0.25, 0.3) is 10.1 Å². The van der Waals surface area contributed by atoms with Gasteiger partial charge in [0.05, 0.1) is 11.5 Å². The van der Waals surface area contributed by atoms with Crippen molar-refractivity contribution in [2.45, 2.75) is 18.4 Å². The second-order valence-electron chi connectivity index (χ2n) is 4.27. The third-order valence-corrected chi connectivity index (χ3v) is 4.33. The first kappa shape index (κ1) is 15.0. The molecule has 0 aliphatic rings. The number of aryl methyl sites for hydroxylation is 1. The average Bonchev–Trinajstić information content (AvgIpc) is 2.40. The maximum Gasteiger partial charge on any atom is 0.297 e. The van der Waals surface area contributed by atoms with Crippen molar-refractivity contribution < 1.29 is 17.0 Å². The highest BCUT2D eigenvalue weighted by Crippen LogP contribution is 2.21. The molecule has 3 nitrogen and oxygen atoms in total. The summed E-state index contributed by atoms with van der Waals surface area (Å²) < 4.78 is 41.9. The first-order chi connectivity index (χ1) is 9.38. The topological polar surface area (TPSA) is 43.4 Å². The highest BCUT2D eigenvalue weighted by atomic mass is 35.5. The minimum absolute atomic E-state index is 0.0515. The van der Waals surface area contributed by atoms with E-state index in [1.165, 1.54) is 24.3 Å². The Labute approximate surface area is 122 Å². The molecule has 0 unspecified atom stereocenters. The summed E-state index contributed by atoms with van der Waals surface area (Å²) in [6.07, 6.45) is 0. The lowest BCUT2D eigenvalue weighted by Crippen LogP contribution is -2.07. The molecule has 0 fully saturated rings. The summed E-state index contributed by atoms with van der Waals surface area (Å²) in [5.74, 6) is -0.499. The minimum Gasteiger partial charge on any atom is -0.261 e. The molecular weight excluding hydrogens is 303 g/mol. The van der Waals surface area contributed by atoms with Gasteiger partial charge in [0.15, 0.2) is 0 Å². The summed E-state index contributed by atoms with van der Waals surface area (Å²) in [5.41, 5.74) is 1.22. The molecule has 0 spiro atoms. The van der Waals surface area contributed by atoms with Gasteiger partial charge in [-0.05, 0) is 37.3 Å². The first-order valence-corrected chi connectivity index (χ1v) is 7.57. The first-order valence-electron chi connectivity index (χ1n) is 5.78. The molecule has 0 N–H and O–H groups in total. The van der Waals surface area contributed by atoms with Crippen LogP contribution in [0.3, 0.4) is 0 Å². The van der Waals surface area contributed by atoms with Gasteiger partial charge in [0.2, 0.25) is 0 Å².